The number of hydrogen-bond donors (Lipinski definition) is 1. The van der Waals surface area contributed by atoms with Gasteiger partial charge in [0.05, 0.1) is 24.0 Å². The third-order valence-electron chi connectivity index (χ3n) is 4.24. The van der Waals surface area contributed by atoms with Crippen LogP contribution < -0.4 is 10.1 Å². The Labute approximate surface area is 206 Å². The van der Waals surface area contributed by atoms with Crippen LogP contribution >= 0.6 is 0 Å². The minimum atomic E-state index is -0.801. The predicted molar refractivity (Wildman–Crippen MR) is 136 cm³/mol. The van der Waals surface area contributed by atoms with Gasteiger partial charge in [-0.2, -0.15) is 0 Å². The number of halogens is 2. The summed E-state index contributed by atoms with van der Waals surface area (Å²) in [6.07, 6.45) is 0.0250. The van der Waals surface area contributed by atoms with E-state index in [1.54, 1.807) is 38.1 Å². The smallest absolute Gasteiger partial charge is 0.343 e. The van der Waals surface area contributed by atoms with E-state index in [0.29, 0.717) is 11.4 Å². The molecule has 0 amide bonds. The maximum Gasteiger partial charge on any atom is 0.343 e. The minimum absolute atomic E-state index is 0.0250. The fourth-order valence-electron chi connectivity index (χ4n) is 2.96. The highest BCUT2D eigenvalue weighted by Crippen LogP contribution is 2.29. The topological polar surface area (TPSA) is 73.3 Å². The van der Waals surface area contributed by atoms with Gasteiger partial charge in [-0.25, -0.2) is 23.5 Å². The van der Waals surface area contributed by atoms with Crippen molar-refractivity contribution in [2.75, 3.05) is 11.9 Å². The molecule has 0 aliphatic heterocycles. The first kappa shape index (κ1) is 29.5. The van der Waals surface area contributed by atoms with Crippen molar-refractivity contribution in [3.05, 3.63) is 65.4 Å². The van der Waals surface area contributed by atoms with Crippen LogP contribution in [0.1, 0.15) is 64.5 Å². The van der Waals surface area contributed by atoms with Gasteiger partial charge < -0.3 is 14.8 Å². The van der Waals surface area contributed by atoms with Crippen molar-refractivity contribution in [2.45, 2.75) is 61.5 Å². The second kappa shape index (κ2) is 14.7. The summed E-state index contributed by atoms with van der Waals surface area (Å²) in [6.45, 7) is 15.2. The number of hydrogen-bond acceptors (Lipinski definition) is 6. The molecule has 1 aromatic heterocycles. The van der Waals surface area contributed by atoms with Crippen LogP contribution in [0.4, 0.5) is 20.3 Å². The average Bonchev–Trinajstić information content (AvgIpc) is 2.82. The van der Waals surface area contributed by atoms with Crippen molar-refractivity contribution < 1.29 is 23.0 Å². The highest BCUT2D eigenvalue weighted by molar-refractivity contribution is 5.97. The number of nitrogens with zero attached hydrogens (tertiary/aromatic N) is 2. The van der Waals surface area contributed by atoms with Gasteiger partial charge in [0.1, 0.15) is 28.8 Å². The molecule has 3 rings (SSSR count). The Balaban J connectivity index is 0.00000145. The normalized spacial score (nSPS) is 9.91. The fraction of sp³-hybridized carbons (Fsp3) is 0.370. The van der Waals surface area contributed by atoms with Crippen molar-refractivity contribution in [1.82, 2.24) is 9.97 Å². The molecule has 0 aliphatic rings. The Hall–Kier alpha value is -3.55. The molecule has 0 spiro atoms. The number of rotatable bonds is 7. The number of nitrogens with one attached hydrogen (secondary N) is 1. The highest BCUT2D eigenvalue weighted by atomic mass is 19.1. The van der Waals surface area contributed by atoms with Crippen LogP contribution in [-0.2, 0) is 4.74 Å². The van der Waals surface area contributed by atoms with Crippen LogP contribution in [0.15, 0.2) is 42.5 Å². The van der Waals surface area contributed by atoms with Crippen LogP contribution in [0.5, 0.6) is 5.75 Å². The summed E-state index contributed by atoms with van der Waals surface area (Å²) in [5, 5.41) is 3.03. The Morgan fingerprint density at radius 2 is 1.54 bits per heavy atom. The Bertz CT molecular complexity index is 1070. The standard InChI is InChI=1S/C23H23F2N3O3.2C2H6/c1-5-30-23(29)19-14(4)26-22(20-17(24)7-6-8-18(20)25)28-21(19)27-15-9-11-16(12-10-15)31-13(2)3;2*1-2/h6-13H,5H2,1-4H3,(H,26,27,28);2*1-2H3. The summed E-state index contributed by atoms with van der Waals surface area (Å²) in [4.78, 5) is 20.9. The zero-order chi connectivity index (χ0) is 26.5. The SMILES string of the molecule is CC.CC.CCOC(=O)c1c(C)nc(-c2c(F)cccc2F)nc1Nc1ccc(OC(C)C)cc1. The summed E-state index contributed by atoms with van der Waals surface area (Å²) in [7, 11) is 0. The maximum absolute atomic E-state index is 14.3. The molecule has 8 heteroatoms. The van der Waals surface area contributed by atoms with Crippen LogP contribution in [0.3, 0.4) is 0 Å². The van der Waals surface area contributed by atoms with Gasteiger partial charge in [0, 0.05) is 5.69 Å². The maximum atomic E-state index is 14.3. The lowest BCUT2D eigenvalue weighted by atomic mass is 10.1. The van der Waals surface area contributed by atoms with Gasteiger partial charge in [-0.15, -0.1) is 0 Å². The predicted octanol–water partition coefficient (Wildman–Crippen LogP) is 7.49. The van der Waals surface area contributed by atoms with Gasteiger partial charge in [0.2, 0.25) is 0 Å². The second-order valence-corrected chi connectivity index (χ2v) is 6.99. The number of ether oxygens (including phenoxy) is 2. The monoisotopic (exact) mass is 487 g/mol. The molecular weight excluding hydrogens is 452 g/mol. The van der Waals surface area contributed by atoms with Crippen molar-refractivity contribution >= 4 is 17.5 Å². The molecule has 1 N–H and O–H groups in total. The molecule has 3 aromatic rings. The van der Waals surface area contributed by atoms with Gasteiger partial charge in [0.25, 0.3) is 0 Å². The summed E-state index contributed by atoms with van der Waals surface area (Å²) in [6, 6.07) is 10.5. The first-order chi connectivity index (χ1) is 16.8. The molecule has 1 heterocycles. The van der Waals surface area contributed by atoms with Crippen molar-refractivity contribution in [3.8, 4) is 17.1 Å². The largest absolute Gasteiger partial charge is 0.491 e. The number of carbonyl (C=O) groups excluding carboxylic acids is 1. The summed E-state index contributed by atoms with van der Waals surface area (Å²) in [5.41, 5.74) is 0.544. The van der Waals surface area contributed by atoms with E-state index in [1.165, 1.54) is 6.07 Å². The molecule has 0 bridgehead atoms. The number of anilines is 2. The Kier molecular flexibility index (Phi) is 12.3. The first-order valence-corrected chi connectivity index (χ1v) is 11.8. The molecular formula is C27H35F2N3O3. The lowest BCUT2D eigenvalue weighted by Gasteiger charge is -2.15. The van der Waals surface area contributed by atoms with E-state index in [1.807, 2.05) is 41.5 Å². The first-order valence-electron chi connectivity index (χ1n) is 11.8. The van der Waals surface area contributed by atoms with Crippen LogP contribution in [0, 0.1) is 18.6 Å². The Morgan fingerprint density at radius 1 is 0.971 bits per heavy atom. The molecule has 0 unspecified atom stereocenters. The zero-order valence-corrected chi connectivity index (χ0v) is 21.7. The minimum Gasteiger partial charge on any atom is -0.491 e. The molecule has 190 valence electrons. The van der Waals surface area contributed by atoms with Gasteiger partial charge in [-0.3, -0.25) is 0 Å². The average molecular weight is 488 g/mol. The third-order valence-corrected chi connectivity index (χ3v) is 4.24. The summed E-state index contributed by atoms with van der Waals surface area (Å²) in [5.74, 6) is -1.65. The van der Waals surface area contributed by atoms with E-state index in [2.05, 4.69) is 15.3 Å². The lowest BCUT2D eigenvalue weighted by Crippen LogP contribution is -2.14. The number of benzene rings is 2. The van der Waals surface area contributed by atoms with Crippen molar-refractivity contribution in [3.63, 3.8) is 0 Å². The molecule has 0 saturated carbocycles. The van der Waals surface area contributed by atoms with Crippen LogP contribution in [-0.4, -0.2) is 28.6 Å². The van der Waals surface area contributed by atoms with E-state index in [4.69, 9.17) is 9.47 Å². The molecule has 2 aromatic carbocycles. The van der Waals surface area contributed by atoms with E-state index in [0.717, 1.165) is 12.1 Å². The zero-order valence-electron chi connectivity index (χ0n) is 21.7. The summed E-state index contributed by atoms with van der Waals surface area (Å²) < 4.78 is 39.4. The Morgan fingerprint density at radius 3 is 2.06 bits per heavy atom. The molecule has 0 radical (unpaired) electrons. The molecule has 0 atom stereocenters. The lowest BCUT2D eigenvalue weighted by molar-refractivity contribution is 0.0525. The molecule has 0 fully saturated rings. The van der Waals surface area contributed by atoms with E-state index >= 15 is 0 Å². The molecule has 0 saturated heterocycles. The number of aromatic nitrogens is 2. The van der Waals surface area contributed by atoms with E-state index in [9.17, 15) is 13.6 Å². The van der Waals surface area contributed by atoms with Gasteiger partial charge in [0.15, 0.2) is 5.82 Å². The van der Waals surface area contributed by atoms with Gasteiger partial charge in [-0.05, 0) is 64.1 Å². The highest BCUT2D eigenvalue weighted by Gasteiger charge is 2.23. The number of esters is 1. The third kappa shape index (κ3) is 8.02. The van der Waals surface area contributed by atoms with Crippen molar-refractivity contribution in [1.29, 1.82) is 0 Å². The van der Waals surface area contributed by atoms with Gasteiger partial charge in [-0.1, -0.05) is 33.8 Å². The van der Waals surface area contributed by atoms with Crippen LogP contribution in [0.25, 0.3) is 11.4 Å². The molecule has 6 nitrogen and oxygen atoms in total. The quantitative estimate of drug-likeness (QED) is 0.348. The van der Waals surface area contributed by atoms with Gasteiger partial charge >= 0.3 is 5.97 Å². The molecule has 35 heavy (non-hydrogen) atoms. The molecule has 0 aliphatic carbocycles. The fourth-order valence-corrected chi connectivity index (χ4v) is 2.96. The van der Waals surface area contributed by atoms with E-state index in [-0.39, 0.29) is 41.2 Å². The number of aryl methyl sites for hydroxylation is 1. The van der Waals surface area contributed by atoms with Crippen molar-refractivity contribution in [2.24, 2.45) is 0 Å². The number of carbonyl (C=O) groups is 1. The van der Waals surface area contributed by atoms with E-state index < -0.39 is 17.6 Å². The summed E-state index contributed by atoms with van der Waals surface area (Å²) >= 11 is 0. The second-order valence-electron chi connectivity index (χ2n) is 6.99. The van der Waals surface area contributed by atoms with Crippen LogP contribution in [0.2, 0.25) is 0 Å².